The average Bonchev–Trinajstić information content (AvgIpc) is 3.72. The number of aliphatic carboxylic acids is 1. The topological polar surface area (TPSA) is 352 Å². The molecule has 0 aromatic rings. The van der Waals surface area contributed by atoms with Crippen molar-refractivity contribution in [3.8, 4) is 0 Å². The van der Waals surface area contributed by atoms with Crippen molar-refractivity contribution in [3.63, 3.8) is 0 Å². The molecule has 1 rings (SSSR count). The summed E-state index contributed by atoms with van der Waals surface area (Å²) in [6.07, 6.45) is 3.11. The van der Waals surface area contributed by atoms with E-state index in [1.807, 2.05) is 20.8 Å². The van der Waals surface area contributed by atoms with Crippen LogP contribution in [0.25, 0.3) is 0 Å². The first-order valence-corrected chi connectivity index (χ1v) is 24.7. The van der Waals surface area contributed by atoms with Crippen LogP contribution in [0.3, 0.4) is 0 Å². The number of methoxy groups -OCH3 is 3. The molecular weight excluding hydrogens is 997 g/mol. The van der Waals surface area contributed by atoms with Gasteiger partial charge in [0.25, 0.3) is 11.8 Å². The molecule has 0 saturated carbocycles. The first-order valence-electron chi connectivity index (χ1n) is 24.7. The van der Waals surface area contributed by atoms with Gasteiger partial charge in [-0.1, -0.05) is 34.8 Å². The van der Waals surface area contributed by atoms with Gasteiger partial charge in [-0.15, -0.1) is 0 Å². The predicted molar refractivity (Wildman–Crippen MR) is 270 cm³/mol. The summed E-state index contributed by atoms with van der Waals surface area (Å²) in [5.41, 5.74) is 0. The quantitative estimate of drug-likeness (QED) is 0.0135. The standard InChI is InChI=1S/C29H48N4O11.C12H22O7.C7H16O4.CH4/c1-4-23(20-34)44-29(40-3)21-43-22(2)6-5-7-24(35)30-12-13-31-26(37)11-16-41-18-19-42-17-14-32-25(36)10-15-33-27(38)8-9-28(33)39;1-3-9(7-13)19-12(17-2)8-18-11(16)6-4-5-10(14)15;1-3-6(4-8)11-7(5-9)10-2;/h8-9,23,29,34H,2,4-7,10-21H2,1,3H3,(H,30,35)(H,31,37)(H,32,36);9,12-13H,3-8H2,1-2H3,(H,14,15);6-9H,3-5H2,1-2H3;1H4. The monoisotopic (exact) mass is 1090 g/mol. The molecule has 0 aromatic heterocycles. The highest BCUT2D eigenvalue weighted by Gasteiger charge is 2.24. The molecule has 1 heterocycles. The zero-order valence-corrected chi connectivity index (χ0v) is 44.1. The van der Waals surface area contributed by atoms with E-state index in [-0.39, 0.29) is 161 Å². The fourth-order valence-electron chi connectivity index (χ4n) is 5.55. The fourth-order valence-corrected chi connectivity index (χ4v) is 5.55. The lowest BCUT2D eigenvalue weighted by atomic mass is 10.2. The molecule has 1 aliphatic heterocycles. The lowest BCUT2D eigenvalue weighted by Gasteiger charge is -2.22. The second-order valence-corrected chi connectivity index (χ2v) is 15.8. The number of ether oxygens (including phenoxy) is 10. The van der Waals surface area contributed by atoms with Gasteiger partial charge in [0, 0.05) is 98.2 Å². The Morgan fingerprint density at radius 2 is 1.00 bits per heavy atom. The van der Waals surface area contributed by atoms with Gasteiger partial charge < -0.3 is 88.9 Å². The number of allylic oxidation sites excluding steroid dienone is 1. The highest BCUT2D eigenvalue weighted by atomic mass is 16.7. The highest BCUT2D eigenvalue weighted by molar-refractivity contribution is 6.13. The summed E-state index contributed by atoms with van der Waals surface area (Å²) in [6.45, 7) is 11.0. The van der Waals surface area contributed by atoms with E-state index in [0.29, 0.717) is 51.0 Å². The number of rotatable bonds is 44. The maximum atomic E-state index is 12.0. The number of amides is 5. The number of nitrogens with one attached hydrogen (secondary N) is 3. The Kier molecular flexibility index (Phi) is 49.8. The van der Waals surface area contributed by atoms with E-state index in [2.05, 4.69) is 22.5 Å². The number of aliphatic hydroxyl groups is 4. The van der Waals surface area contributed by atoms with E-state index < -0.39 is 42.6 Å². The second-order valence-electron chi connectivity index (χ2n) is 15.8. The maximum absolute atomic E-state index is 12.0. The van der Waals surface area contributed by atoms with Gasteiger partial charge in [-0.05, 0) is 32.1 Å². The summed E-state index contributed by atoms with van der Waals surface area (Å²) in [4.78, 5) is 81.1. The molecule has 0 radical (unpaired) electrons. The van der Waals surface area contributed by atoms with Crippen molar-refractivity contribution in [2.75, 3.05) is 114 Å². The van der Waals surface area contributed by atoms with Crippen LogP contribution in [0.15, 0.2) is 24.5 Å². The van der Waals surface area contributed by atoms with E-state index in [0.717, 1.165) is 4.90 Å². The van der Waals surface area contributed by atoms with Crippen LogP contribution < -0.4 is 16.0 Å². The average molecular weight is 1090 g/mol. The number of aliphatic hydroxyl groups excluding tert-OH is 4. The van der Waals surface area contributed by atoms with Gasteiger partial charge >= 0.3 is 11.9 Å². The first kappa shape index (κ1) is 74.5. The van der Waals surface area contributed by atoms with Crippen LogP contribution in [0, 0.1) is 0 Å². The Labute approximate surface area is 442 Å². The van der Waals surface area contributed by atoms with Gasteiger partial charge in [0.15, 0.2) is 18.9 Å². The molecule has 5 amide bonds. The van der Waals surface area contributed by atoms with Crippen LogP contribution in [0.5, 0.6) is 0 Å². The Morgan fingerprint density at radius 1 is 0.560 bits per heavy atom. The molecule has 8 N–H and O–H groups in total. The third-order valence-corrected chi connectivity index (χ3v) is 10.0. The number of carbonyl (C=O) groups is 7. The molecule has 26 heteroatoms. The van der Waals surface area contributed by atoms with Crippen molar-refractivity contribution >= 4 is 41.5 Å². The lowest BCUT2D eigenvalue weighted by molar-refractivity contribution is -0.194. The van der Waals surface area contributed by atoms with Gasteiger partial charge in [-0.3, -0.25) is 38.5 Å². The van der Waals surface area contributed by atoms with E-state index in [4.69, 9.17) is 67.8 Å². The van der Waals surface area contributed by atoms with Crippen molar-refractivity contribution in [2.45, 2.75) is 136 Å². The Morgan fingerprint density at radius 3 is 1.47 bits per heavy atom. The molecule has 6 atom stereocenters. The molecule has 75 heavy (non-hydrogen) atoms. The number of nitrogens with zero attached hydrogens (tertiary/aromatic N) is 1. The maximum Gasteiger partial charge on any atom is 0.305 e. The molecule has 0 bridgehead atoms. The van der Waals surface area contributed by atoms with Gasteiger partial charge in [0.1, 0.15) is 13.2 Å². The molecule has 0 fully saturated rings. The molecular formula is C49H90N4O22. The van der Waals surface area contributed by atoms with E-state index >= 15 is 0 Å². The van der Waals surface area contributed by atoms with Gasteiger partial charge in [0.2, 0.25) is 17.7 Å². The number of imide groups is 1. The van der Waals surface area contributed by atoms with Crippen molar-refractivity contribution < 1.29 is 106 Å². The Bertz CT molecular complexity index is 1530. The van der Waals surface area contributed by atoms with Crippen LogP contribution in [0.4, 0.5) is 0 Å². The lowest BCUT2D eigenvalue weighted by Crippen LogP contribution is -2.35. The second kappa shape index (κ2) is 50.1. The summed E-state index contributed by atoms with van der Waals surface area (Å²) in [5, 5.41) is 52.0. The molecule has 0 saturated heterocycles. The summed E-state index contributed by atoms with van der Waals surface area (Å²) in [7, 11) is 4.35. The number of carboxylic acid groups (broad SMARTS) is 1. The van der Waals surface area contributed by atoms with Crippen LogP contribution >= 0.6 is 0 Å². The van der Waals surface area contributed by atoms with Crippen LogP contribution in [-0.4, -0.2) is 223 Å². The van der Waals surface area contributed by atoms with Gasteiger partial charge in [-0.25, -0.2) is 0 Å². The van der Waals surface area contributed by atoms with Crippen molar-refractivity contribution in [1.82, 2.24) is 20.9 Å². The fraction of sp³-hybridized carbons (Fsp3) is 0.776. The third-order valence-electron chi connectivity index (χ3n) is 10.0. The number of hydrogen-bond acceptors (Lipinski definition) is 21. The Hall–Kier alpha value is -4.71. The van der Waals surface area contributed by atoms with Crippen LogP contribution in [0.2, 0.25) is 0 Å². The molecule has 0 aliphatic carbocycles. The highest BCUT2D eigenvalue weighted by Crippen LogP contribution is 2.11. The zero-order chi connectivity index (χ0) is 55.9. The van der Waals surface area contributed by atoms with E-state index in [1.54, 1.807) is 0 Å². The SMILES string of the molecule is C.C=C(CCCC(=O)NCCNC(=O)CCOCCOCCNC(=O)CCN1C(=O)C=CC1=O)OCC(OC)OC(CC)CO.CCC(CO)OC(CO)OC.CCC(CO)OC(COC(=O)CCCC(=O)O)OC. The molecule has 438 valence electrons. The van der Waals surface area contributed by atoms with Crippen molar-refractivity contribution in [3.05, 3.63) is 24.5 Å². The van der Waals surface area contributed by atoms with Crippen molar-refractivity contribution in [1.29, 1.82) is 0 Å². The number of esters is 1. The number of hydrogen-bond donors (Lipinski definition) is 8. The van der Waals surface area contributed by atoms with Gasteiger partial charge in [-0.2, -0.15) is 0 Å². The van der Waals surface area contributed by atoms with Gasteiger partial charge in [0.05, 0.1) is 76.9 Å². The molecule has 6 unspecified atom stereocenters. The van der Waals surface area contributed by atoms with E-state index in [1.165, 1.54) is 33.5 Å². The minimum Gasteiger partial charge on any atom is -0.493 e. The number of carbonyl (C=O) groups excluding carboxylic acids is 6. The van der Waals surface area contributed by atoms with E-state index in [9.17, 15) is 38.7 Å². The summed E-state index contributed by atoms with van der Waals surface area (Å²) in [6, 6.07) is 0. The normalized spacial score (nSPS) is 14.1. The minimum absolute atomic E-state index is 0. The predicted octanol–water partition coefficient (Wildman–Crippen LogP) is 0.453. The molecule has 1 aliphatic rings. The summed E-state index contributed by atoms with van der Waals surface area (Å²) >= 11 is 0. The third kappa shape index (κ3) is 42.1. The number of carboxylic acids is 1. The molecule has 0 spiro atoms. The molecule has 26 nitrogen and oxygen atoms in total. The first-order chi connectivity index (χ1) is 35.5. The Balaban J connectivity index is -0.00000137. The van der Waals surface area contributed by atoms with Crippen molar-refractivity contribution in [2.24, 2.45) is 0 Å². The van der Waals surface area contributed by atoms with Crippen LogP contribution in [-0.2, 0) is 80.9 Å². The largest absolute Gasteiger partial charge is 0.493 e. The van der Waals surface area contributed by atoms with Crippen LogP contribution in [0.1, 0.15) is 98.8 Å². The summed E-state index contributed by atoms with van der Waals surface area (Å²) in [5.74, 6) is -2.41. The molecule has 0 aromatic carbocycles. The zero-order valence-electron chi connectivity index (χ0n) is 44.1. The smallest absolute Gasteiger partial charge is 0.305 e. The summed E-state index contributed by atoms with van der Waals surface area (Å²) < 4.78 is 52.1. The minimum atomic E-state index is -0.945.